The normalized spacial score (nSPS) is 9.93. The van der Waals surface area contributed by atoms with Gasteiger partial charge in [-0.2, -0.15) is 4.39 Å². The van der Waals surface area contributed by atoms with Crippen molar-refractivity contribution in [3.05, 3.63) is 39.9 Å². The number of halogens is 3. The van der Waals surface area contributed by atoms with Crippen LogP contribution in [0.4, 0.5) is 8.78 Å². The molecule has 0 aliphatic heterocycles. The van der Waals surface area contributed by atoms with Crippen LogP contribution in [0.15, 0.2) is 28.3 Å². The molecule has 0 bridgehead atoms. The van der Waals surface area contributed by atoms with Crippen molar-refractivity contribution in [3.8, 4) is 5.75 Å². The van der Waals surface area contributed by atoms with Crippen molar-refractivity contribution in [1.29, 1.82) is 0 Å². The maximum absolute atomic E-state index is 13.2. The molecule has 0 spiro atoms. The Labute approximate surface area is 95.9 Å². The van der Waals surface area contributed by atoms with Crippen LogP contribution in [0.1, 0.15) is 13.8 Å². The highest BCUT2D eigenvalue weighted by molar-refractivity contribution is 9.10. The summed E-state index contributed by atoms with van der Waals surface area (Å²) in [5.74, 6) is -1.96. The number of hydrogen-bond acceptors (Lipinski definition) is 1. The molecule has 0 aromatic heterocycles. The fourth-order valence-corrected chi connectivity index (χ4v) is 1.34. The van der Waals surface area contributed by atoms with Crippen molar-refractivity contribution < 1.29 is 13.5 Å². The number of allylic oxidation sites excluding steroid dienone is 1. The van der Waals surface area contributed by atoms with E-state index in [9.17, 15) is 8.78 Å². The minimum Gasteiger partial charge on any atom is -0.486 e. The van der Waals surface area contributed by atoms with Gasteiger partial charge in [-0.25, -0.2) is 4.39 Å². The molecule has 0 heterocycles. The largest absolute Gasteiger partial charge is 0.486 e. The molecule has 1 nitrogen and oxygen atoms in total. The Morgan fingerprint density at radius 2 is 2.07 bits per heavy atom. The van der Waals surface area contributed by atoms with Gasteiger partial charge in [-0.3, -0.25) is 0 Å². The lowest BCUT2D eigenvalue weighted by atomic mass is 10.3. The van der Waals surface area contributed by atoms with E-state index in [2.05, 4.69) is 15.9 Å². The molecule has 0 atom stereocenters. The third-order valence-electron chi connectivity index (χ3n) is 1.69. The molecule has 4 heteroatoms. The van der Waals surface area contributed by atoms with E-state index in [0.29, 0.717) is 4.47 Å². The minimum absolute atomic E-state index is 0.0839. The molecule has 1 aromatic rings. The molecule has 0 saturated heterocycles. The summed E-state index contributed by atoms with van der Waals surface area (Å²) in [4.78, 5) is 0. The first kappa shape index (κ1) is 12.2. The zero-order valence-electron chi connectivity index (χ0n) is 8.48. The van der Waals surface area contributed by atoms with E-state index < -0.39 is 11.6 Å². The molecular weight excluding hydrogens is 266 g/mol. The molecule has 1 rings (SSSR count). The number of benzene rings is 1. The molecule has 1 aromatic carbocycles. The molecule has 0 N–H and O–H groups in total. The highest BCUT2D eigenvalue weighted by atomic mass is 79.9. The Bertz CT molecular complexity index is 384. The summed E-state index contributed by atoms with van der Waals surface area (Å²) >= 11 is 3.07. The van der Waals surface area contributed by atoms with Gasteiger partial charge in [-0.15, -0.1) is 0 Å². The first-order valence-electron chi connectivity index (χ1n) is 4.41. The van der Waals surface area contributed by atoms with E-state index in [-0.39, 0.29) is 12.4 Å². The predicted molar refractivity (Wildman–Crippen MR) is 59.0 cm³/mol. The Hall–Kier alpha value is -0.900. The number of rotatable bonds is 3. The monoisotopic (exact) mass is 276 g/mol. The Morgan fingerprint density at radius 3 is 2.67 bits per heavy atom. The van der Waals surface area contributed by atoms with E-state index >= 15 is 0 Å². The van der Waals surface area contributed by atoms with Crippen LogP contribution in [0, 0.1) is 11.6 Å². The van der Waals surface area contributed by atoms with Crippen molar-refractivity contribution >= 4 is 15.9 Å². The van der Waals surface area contributed by atoms with Gasteiger partial charge in [-0.1, -0.05) is 21.5 Å². The molecule has 0 amide bonds. The maximum Gasteiger partial charge on any atom is 0.200 e. The first-order chi connectivity index (χ1) is 7.00. The van der Waals surface area contributed by atoms with E-state index in [1.807, 2.05) is 13.8 Å². The predicted octanol–water partition coefficient (Wildman–Crippen LogP) is 4.07. The second kappa shape index (κ2) is 5.26. The third kappa shape index (κ3) is 3.63. The molecule has 0 saturated carbocycles. The second-order valence-corrected chi connectivity index (χ2v) is 4.21. The van der Waals surface area contributed by atoms with Crippen LogP contribution in [0.5, 0.6) is 5.75 Å². The summed E-state index contributed by atoms with van der Waals surface area (Å²) in [5, 5.41) is 0. The van der Waals surface area contributed by atoms with Gasteiger partial charge < -0.3 is 4.74 Å². The zero-order chi connectivity index (χ0) is 11.4. The van der Waals surface area contributed by atoms with Crippen LogP contribution in [0.3, 0.4) is 0 Å². The third-order valence-corrected chi connectivity index (χ3v) is 2.15. The fraction of sp³-hybridized carbons (Fsp3) is 0.273. The topological polar surface area (TPSA) is 9.23 Å². The molecule has 0 radical (unpaired) electrons. The molecule has 0 unspecified atom stereocenters. The quantitative estimate of drug-likeness (QED) is 0.597. The van der Waals surface area contributed by atoms with Crippen LogP contribution in [-0.2, 0) is 0 Å². The fourth-order valence-electron chi connectivity index (χ4n) is 0.936. The molecular formula is C11H11BrF2O. The smallest absolute Gasteiger partial charge is 0.200 e. The van der Waals surface area contributed by atoms with Crippen molar-refractivity contribution in [3.63, 3.8) is 0 Å². The van der Waals surface area contributed by atoms with Gasteiger partial charge in [0.25, 0.3) is 0 Å². The lowest BCUT2D eigenvalue weighted by Gasteiger charge is -2.06. The molecule has 82 valence electrons. The van der Waals surface area contributed by atoms with Gasteiger partial charge in [0.15, 0.2) is 11.6 Å². The summed E-state index contributed by atoms with van der Waals surface area (Å²) in [6, 6.07) is 2.46. The second-order valence-electron chi connectivity index (χ2n) is 3.29. The van der Waals surface area contributed by atoms with Gasteiger partial charge in [0, 0.05) is 4.47 Å². The van der Waals surface area contributed by atoms with Crippen molar-refractivity contribution in [2.24, 2.45) is 0 Å². The van der Waals surface area contributed by atoms with Gasteiger partial charge in [0.1, 0.15) is 6.61 Å². The van der Waals surface area contributed by atoms with Crippen molar-refractivity contribution in [1.82, 2.24) is 0 Å². The van der Waals surface area contributed by atoms with E-state index in [1.165, 1.54) is 6.07 Å². The Balaban J connectivity index is 2.81. The zero-order valence-corrected chi connectivity index (χ0v) is 10.1. The lowest BCUT2D eigenvalue weighted by Crippen LogP contribution is -1.98. The average molecular weight is 277 g/mol. The van der Waals surface area contributed by atoms with Crippen molar-refractivity contribution in [2.75, 3.05) is 6.61 Å². The van der Waals surface area contributed by atoms with Gasteiger partial charge >= 0.3 is 0 Å². The van der Waals surface area contributed by atoms with Crippen LogP contribution in [-0.4, -0.2) is 6.61 Å². The standard InChI is InChI=1S/C11H11BrF2O/c1-7(2)3-4-15-10-6-8(12)5-9(13)11(10)14/h3,5-6H,4H2,1-2H3. The Kier molecular flexibility index (Phi) is 4.27. The summed E-state index contributed by atoms with van der Waals surface area (Å²) in [6.07, 6.45) is 1.79. The van der Waals surface area contributed by atoms with E-state index in [4.69, 9.17) is 4.74 Å². The van der Waals surface area contributed by atoms with Gasteiger partial charge in [0.05, 0.1) is 0 Å². The van der Waals surface area contributed by atoms with Crippen LogP contribution in [0.2, 0.25) is 0 Å². The van der Waals surface area contributed by atoms with Gasteiger partial charge in [-0.05, 0) is 32.1 Å². The SMILES string of the molecule is CC(C)=CCOc1cc(Br)cc(F)c1F. The lowest BCUT2D eigenvalue weighted by molar-refractivity contribution is 0.331. The molecule has 0 fully saturated rings. The van der Waals surface area contributed by atoms with Crippen molar-refractivity contribution in [2.45, 2.75) is 13.8 Å². The summed E-state index contributed by atoms with van der Waals surface area (Å²) in [5.41, 5.74) is 1.06. The van der Waals surface area contributed by atoms with E-state index in [0.717, 1.165) is 11.6 Å². The number of hydrogen-bond donors (Lipinski definition) is 0. The minimum atomic E-state index is -0.958. The molecule has 0 aliphatic carbocycles. The van der Waals surface area contributed by atoms with Crippen LogP contribution >= 0.6 is 15.9 Å². The Morgan fingerprint density at radius 1 is 1.40 bits per heavy atom. The summed E-state index contributed by atoms with van der Waals surface area (Å²) in [7, 11) is 0. The highest BCUT2D eigenvalue weighted by Gasteiger charge is 2.10. The maximum atomic E-state index is 13.2. The number of ether oxygens (including phenoxy) is 1. The highest BCUT2D eigenvalue weighted by Crippen LogP contribution is 2.25. The summed E-state index contributed by atoms with van der Waals surface area (Å²) in [6.45, 7) is 4.04. The first-order valence-corrected chi connectivity index (χ1v) is 5.20. The van der Waals surface area contributed by atoms with Crippen LogP contribution in [0.25, 0.3) is 0 Å². The molecule has 0 aliphatic rings. The van der Waals surface area contributed by atoms with Gasteiger partial charge in [0.2, 0.25) is 5.82 Å². The average Bonchev–Trinajstić information content (AvgIpc) is 2.12. The van der Waals surface area contributed by atoms with Crippen LogP contribution < -0.4 is 4.74 Å². The van der Waals surface area contributed by atoms with E-state index in [1.54, 1.807) is 6.08 Å². The summed E-state index contributed by atoms with van der Waals surface area (Å²) < 4.78 is 31.6. The molecule has 15 heavy (non-hydrogen) atoms.